The number of carbonyl (C=O) groups excluding carboxylic acids is 1. The molecule has 0 bridgehead atoms. The lowest BCUT2D eigenvalue weighted by atomic mass is 10.1. The van der Waals surface area contributed by atoms with Gasteiger partial charge in [0.15, 0.2) is 6.04 Å². The summed E-state index contributed by atoms with van der Waals surface area (Å²) in [5, 5.41) is 16.3. The van der Waals surface area contributed by atoms with E-state index in [9.17, 15) is 4.79 Å². The quantitative estimate of drug-likeness (QED) is 0.616. The van der Waals surface area contributed by atoms with Crippen LogP contribution in [-0.2, 0) is 11.2 Å². The molecule has 0 aliphatic heterocycles. The summed E-state index contributed by atoms with van der Waals surface area (Å²) in [6.07, 6.45) is 1.64. The van der Waals surface area contributed by atoms with E-state index in [0.29, 0.717) is 6.42 Å². The Morgan fingerprint density at radius 3 is 2.48 bits per heavy atom. The number of azo groups is 1. The summed E-state index contributed by atoms with van der Waals surface area (Å²) in [6, 6.07) is 9.19. The van der Waals surface area contributed by atoms with Crippen LogP contribution in [0, 0.1) is 11.3 Å². The summed E-state index contributed by atoms with van der Waals surface area (Å²) in [5.74, 6) is 0. The Morgan fingerprint density at radius 2 is 2.00 bits per heavy atom. The molecule has 6 heteroatoms. The van der Waals surface area contributed by atoms with Crippen molar-refractivity contribution in [1.29, 1.82) is 5.26 Å². The summed E-state index contributed by atoms with van der Waals surface area (Å²) in [4.78, 5) is 12.6. The molecule has 0 fully saturated rings. The van der Waals surface area contributed by atoms with Crippen LogP contribution in [0.3, 0.4) is 0 Å². The molecule has 112 valence electrons. The fourth-order valence-electron chi connectivity index (χ4n) is 1.50. The third-order valence-electron chi connectivity index (χ3n) is 2.41. The van der Waals surface area contributed by atoms with E-state index in [1.807, 2.05) is 36.6 Å². The van der Waals surface area contributed by atoms with Crippen LogP contribution in [0.5, 0.6) is 0 Å². The topological polar surface area (TPSA) is 74.8 Å². The first-order valence-corrected chi connectivity index (χ1v) is 7.73. The minimum Gasteiger partial charge on any atom is -0.441 e. The second kappa shape index (κ2) is 7.79. The van der Waals surface area contributed by atoms with E-state index in [-0.39, 0.29) is 0 Å². The van der Waals surface area contributed by atoms with Crippen molar-refractivity contribution >= 4 is 17.9 Å². The van der Waals surface area contributed by atoms with Crippen molar-refractivity contribution in [3.8, 4) is 6.07 Å². The lowest BCUT2D eigenvalue weighted by molar-refractivity contribution is 0.0589. The van der Waals surface area contributed by atoms with Gasteiger partial charge in [-0.05, 0) is 44.7 Å². The second-order valence-electron chi connectivity index (χ2n) is 5.39. The molecule has 1 amide bonds. The monoisotopic (exact) mass is 305 g/mol. The summed E-state index contributed by atoms with van der Waals surface area (Å²) in [6.45, 7) is 5.24. The van der Waals surface area contributed by atoms with Crippen LogP contribution >= 0.6 is 11.8 Å². The highest BCUT2D eigenvalue weighted by atomic mass is 32.2. The van der Waals surface area contributed by atoms with Gasteiger partial charge in [-0.1, -0.05) is 17.2 Å². The molecule has 21 heavy (non-hydrogen) atoms. The smallest absolute Gasteiger partial charge is 0.441 e. The molecule has 1 rings (SSSR count). The van der Waals surface area contributed by atoms with Gasteiger partial charge in [0.2, 0.25) is 0 Å². The largest absolute Gasteiger partial charge is 0.452 e. The molecule has 0 aromatic heterocycles. The Hall–Kier alpha value is -1.87. The number of hydrogen-bond donors (Lipinski definition) is 0. The third kappa shape index (κ3) is 6.91. The molecule has 0 radical (unpaired) electrons. The summed E-state index contributed by atoms with van der Waals surface area (Å²) in [7, 11) is 0. The molecule has 0 N–H and O–H groups in total. The average Bonchev–Trinajstić information content (AvgIpc) is 2.42. The molecule has 0 saturated carbocycles. The highest BCUT2D eigenvalue weighted by molar-refractivity contribution is 7.98. The maximum absolute atomic E-state index is 11.4. The van der Waals surface area contributed by atoms with E-state index in [2.05, 4.69) is 10.2 Å². The van der Waals surface area contributed by atoms with E-state index >= 15 is 0 Å². The molecular weight excluding hydrogens is 286 g/mol. The first-order chi connectivity index (χ1) is 9.84. The zero-order chi connectivity index (χ0) is 15.9. The number of nitriles is 1. The Balaban J connectivity index is 2.62. The SMILES string of the molecule is CSc1ccc(C[C@@H](C#N)N=NC(=O)OC(C)(C)C)cc1. The van der Waals surface area contributed by atoms with E-state index < -0.39 is 17.7 Å². The van der Waals surface area contributed by atoms with Crippen LogP contribution in [0.2, 0.25) is 0 Å². The van der Waals surface area contributed by atoms with E-state index in [4.69, 9.17) is 10.00 Å². The lowest BCUT2D eigenvalue weighted by Crippen LogP contribution is -2.21. The highest BCUT2D eigenvalue weighted by Gasteiger charge is 2.16. The maximum Gasteiger partial charge on any atom is 0.452 e. The van der Waals surface area contributed by atoms with E-state index in [0.717, 1.165) is 10.5 Å². The number of amides is 1. The Bertz CT molecular complexity index is 542. The Labute approximate surface area is 129 Å². The number of benzene rings is 1. The summed E-state index contributed by atoms with van der Waals surface area (Å²) < 4.78 is 5.00. The number of rotatable bonds is 4. The van der Waals surface area contributed by atoms with Gasteiger partial charge in [-0.3, -0.25) is 0 Å². The summed E-state index contributed by atoms with van der Waals surface area (Å²) in [5.41, 5.74) is 0.355. The van der Waals surface area contributed by atoms with Gasteiger partial charge in [-0.25, -0.2) is 4.79 Å². The molecule has 0 aliphatic carbocycles. The van der Waals surface area contributed by atoms with Crippen LogP contribution in [-0.4, -0.2) is 24.0 Å². The molecule has 1 aromatic rings. The molecule has 0 saturated heterocycles. The zero-order valence-corrected chi connectivity index (χ0v) is 13.5. The van der Waals surface area contributed by atoms with Crippen LogP contribution in [0.25, 0.3) is 0 Å². The number of carbonyl (C=O) groups is 1. The minimum absolute atomic E-state index is 0.414. The van der Waals surface area contributed by atoms with E-state index in [1.54, 1.807) is 32.5 Å². The first-order valence-electron chi connectivity index (χ1n) is 6.50. The van der Waals surface area contributed by atoms with E-state index in [1.165, 1.54) is 0 Å². The van der Waals surface area contributed by atoms with Gasteiger partial charge in [0.05, 0.1) is 6.07 Å². The molecule has 1 atom stereocenters. The summed E-state index contributed by atoms with van der Waals surface area (Å²) >= 11 is 1.65. The van der Waals surface area contributed by atoms with Crippen LogP contribution in [0.4, 0.5) is 4.79 Å². The van der Waals surface area contributed by atoms with Crippen molar-refractivity contribution < 1.29 is 9.53 Å². The molecule has 1 aromatic carbocycles. The normalized spacial score (nSPS) is 12.9. The predicted molar refractivity (Wildman–Crippen MR) is 82.4 cm³/mol. The van der Waals surface area contributed by atoms with Gasteiger partial charge in [0.25, 0.3) is 0 Å². The van der Waals surface area contributed by atoms with Crippen LogP contribution in [0.1, 0.15) is 26.3 Å². The fourth-order valence-corrected chi connectivity index (χ4v) is 1.90. The fraction of sp³-hybridized carbons (Fsp3) is 0.467. The Kier molecular flexibility index (Phi) is 6.38. The molecule has 5 nitrogen and oxygen atoms in total. The third-order valence-corrected chi connectivity index (χ3v) is 3.15. The molecular formula is C15H19N3O2S. The van der Waals surface area contributed by atoms with Gasteiger partial charge >= 0.3 is 6.09 Å². The van der Waals surface area contributed by atoms with Gasteiger partial charge in [0.1, 0.15) is 5.60 Å². The lowest BCUT2D eigenvalue weighted by Gasteiger charge is -2.16. The van der Waals surface area contributed by atoms with Gasteiger partial charge in [-0.15, -0.1) is 11.8 Å². The number of ether oxygens (including phenoxy) is 1. The van der Waals surface area contributed by atoms with Gasteiger partial charge in [0, 0.05) is 11.3 Å². The van der Waals surface area contributed by atoms with Crippen molar-refractivity contribution in [2.45, 2.75) is 43.7 Å². The molecule has 0 aliphatic rings. The Morgan fingerprint density at radius 1 is 1.38 bits per heavy atom. The standard InChI is InChI=1S/C15H19N3O2S/c1-15(2,3)20-14(19)18-17-12(10-16)9-11-5-7-13(21-4)8-6-11/h5-8,12H,9H2,1-4H3/t12-/m0/s1. The highest BCUT2D eigenvalue weighted by Crippen LogP contribution is 2.16. The van der Waals surface area contributed by atoms with Crippen LogP contribution < -0.4 is 0 Å². The zero-order valence-electron chi connectivity index (χ0n) is 12.7. The number of hydrogen-bond acceptors (Lipinski definition) is 5. The number of nitrogens with zero attached hydrogens (tertiary/aromatic N) is 3. The molecule has 0 unspecified atom stereocenters. The van der Waals surface area contributed by atoms with Crippen molar-refractivity contribution in [2.75, 3.05) is 6.26 Å². The van der Waals surface area contributed by atoms with Gasteiger partial charge in [-0.2, -0.15) is 10.4 Å². The first kappa shape index (κ1) is 17.2. The van der Waals surface area contributed by atoms with Gasteiger partial charge < -0.3 is 4.74 Å². The second-order valence-corrected chi connectivity index (χ2v) is 6.27. The number of thioether (sulfide) groups is 1. The minimum atomic E-state index is -0.777. The van der Waals surface area contributed by atoms with Crippen molar-refractivity contribution in [3.63, 3.8) is 0 Å². The maximum atomic E-state index is 11.4. The molecule has 0 heterocycles. The van der Waals surface area contributed by atoms with Crippen LogP contribution in [0.15, 0.2) is 39.4 Å². The predicted octanol–water partition coefficient (Wildman–Crippen LogP) is 4.23. The van der Waals surface area contributed by atoms with Crippen molar-refractivity contribution in [1.82, 2.24) is 0 Å². The molecule has 0 spiro atoms. The van der Waals surface area contributed by atoms with Crippen molar-refractivity contribution in [3.05, 3.63) is 29.8 Å². The average molecular weight is 305 g/mol. The van der Waals surface area contributed by atoms with Crippen molar-refractivity contribution in [2.24, 2.45) is 10.2 Å².